The van der Waals surface area contributed by atoms with Crippen LogP contribution in [0.25, 0.3) is 12.2 Å². The molecule has 100 valence electrons. The van der Waals surface area contributed by atoms with Crippen molar-refractivity contribution in [1.82, 2.24) is 4.98 Å². The van der Waals surface area contributed by atoms with Crippen molar-refractivity contribution in [3.63, 3.8) is 0 Å². The normalized spacial score (nSPS) is 17.2. The van der Waals surface area contributed by atoms with Gasteiger partial charge in [0.05, 0.1) is 5.35 Å². The van der Waals surface area contributed by atoms with Gasteiger partial charge in [0, 0.05) is 21.2 Å². The first kappa shape index (κ1) is 13.2. The van der Waals surface area contributed by atoms with Crippen LogP contribution < -0.4 is 10.6 Å². The first-order valence-corrected chi connectivity index (χ1v) is 7.62. The van der Waals surface area contributed by atoms with E-state index in [1.165, 1.54) is 26.2 Å². The van der Waals surface area contributed by atoms with Gasteiger partial charge in [-0.3, -0.25) is 4.98 Å². The Morgan fingerprint density at radius 2 is 1.95 bits per heavy atom. The van der Waals surface area contributed by atoms with Crippen LogP contribution in [-0.2, 0) is 6.42 Å². The number of rotatable bonds is 0. The van der Waals surface area contributed by atoms with E-state index in [-0.39, 0.29) is 0 Å². The Hall–Kier alpha value is -1.80. The molecule has 0 N–H and O–H groups in total. The maximum Gasteiger partial charge on any atom is 0.0665 e. The average molecular weight is 279 g/mol. The summed E-state index contributed by atoms with van der Waals surface area (Å²) in [6, 6.07) is 12.8. The van der Waals surface area contributed by atoms with Crippen LogP contribution in [0.5, 0.6) is 0 Å². The van der Waals surface area contributed by atoms with E-state index in [9.17, 15) is 0 Å². The number of fused-ring (bicyclic) bond motifs is 2. The van der Waals surface area contributed by atoms with Crippen LogP contribution in [0, 0.1) is 0 Å². The largest absolute Gasteiger partial charge is 0.257 e. The highest BCUT2D eigenvalue weighted by Crippen LogP contribution is 2.33. The highest BCUT2D eigenvalue weighted by molar-refractivity contribution is 8.03. The van der Waals surface area contributed by atoms with Crippen LogP contribution >= 0.6 is 11.8 Å². The van der Waals surface area contributed by atoms with E-state index in [2.05, 4.69) is 61.3 Å². The summed E-state index contributed by atoms with van der Waals surface area (Å²) in [5, 5.41) is 2.27. The second kappa shape index (κ2) is 5.68. The van der Waals surface area contributed by atoms with Crippen LogP contribution in [0.15, 0.2) is 58.0 Å². The Balaban J connectivity index is 2.28. The van der Waals surface area contributed by atoms with E-state index in [0.29, 0.717) is 0 Å². The molecule has 0 fully saturated rings. The van der Waals surface area contributed by atoms with Crippen LogP contribution in [-0.4, -0.2) is 4.98 Å². The highest BCUT2D eigenvalue weighted by atomic mass is 32.2. The minimum atomic E-state index is 0.928. The minimum Gasteiger partial charge on any atom is -0.257 e. The fraction of sp³-hybridized carbons (Fsp3) is 0.167. The molecule has 1 aliphatic heterocycles. The van der Waals surface area contributed by atoms with Gasteiger partial charge in [-0.15, -0.1) is 0 Å². The van der Waals surface area contributed by atoms with Gasteiger partial charge in [0.25, 0.3) is 0 Å². The molecular formula is C18H17NS. The first-order chi connectivity index (χ1) is 9.74. The summed E-state index contributed by atoms with van der Waals surface area (Å²) in [5.41, 5.74) is 2.70. The Morgan fingerprint density at radius 3 is 2.80 bits per heavy atom. The number of benzene rings is 1. The maximum atomic E-state index is 4.51. The third-order valence-electron chi connectivity index (χ3n) is 3.36. The molecule has 1 aromatic heterocycles. The topological polar surface area (TPSA) is 12.9 Å². The van der Waals surface area contributed by atoms with Crippen molar-refractivity contribution in [2.75, 3.05) is 0 Å². The average Bonchev–Trinajstić information content (AvgIpc) is 2.54. The van der Waals surface area contributed by atoms with Crippen molar-refractivity contribution in [3.8, 4) is 0 Å². The molecular weight excluding hydrogens is 262 g/mol. The maximum absolute atomic E-state index is 4.51. The summed E-state index contributed by atoms with van der Waals surface area (Å²) in [6.45, 7) is 4.33. The number of nitrogens with zero attached hydrogens (tertiary/aromatic N) is 1. The zero-order valence-corrected chi connectivity index (χ0v) is 12.6. The van der Waals surface area contributed by atoms with E-state index in [0.717, 1.165) is 11.8 Å². The third kappa shape index (κ3) is 2.70. The van der Waals surface area contributed by atoms with Gasteiger partial charge in [-0.2, -0.15) is 0 Å². The fourth-order valence-electron chi connectivity index (χ4n) is 2.24. The van der Waals surface area contributed by atoms with E-state index in [1.807, 2.05) is 24.0 Å². The molecule has 0 aliphatic carbocycles. The van der Waals surface area contributed by atoms with E-state index in [4.69, 9.17) is 0 Å². The molecule has 2 heteroatoms. The Morgan fingerprint density at radius 1 is 1.10 bits per heavy atom. The van der Waals surface area contributed by atoms with Gasteiger partial charge < -0.3 is 0 Å². The van der Waals surface area contributed by atoms with Crippen LogP contribution in [0.2, 0.25) is 0 Å². The molecule has 0 spiro atoms. The van der Waals surface area contributed by atoms with Gasteiger partial charge in [-0.05, 0) is 44.0 Å². The van der Waals surface area contributed by atoms with Gasteiger partial charge in [0.2, 0.25) is 0 Å². The lowest BCUT2D eigenvalue weighted by Crippen LogP contribution is -2.27. The quantitative estimate of drug-likeness (QED) is 0.734. The standard InChI is InChI=1S/C18H17NS/c1-13(2)18-12-15-7-5-11-19-16(15)10-9-14-6-3-4-8-17(14)20-18/h3-8,10-12H,9H2,1-2H3/b15-12-,16-10+. The summed E-state index contributed by atoms with van der Waals surface area (Å²) in [5.74, 6) is 0. The number of hydrogen-bond acceptors (Lipinski definition) is 2. The molecule has 0 saturated heterocycles. The number of thioether (sulfide) groups is 1. The zero-order chi connectivity index (χ0) is 13.9. The Labute approximate surface area is 123 Å². The van der Waals surface area contributed by atoms with Crippen molar-refractivity contribution in [2.24, 2.45) is 0 Å². The predicted octanol–water partition coefficient (Wildman–Crippen LogP) is 3.28. The van der Waals surface area contributed by atoms with Gasteiger partial charge in [-0.25, -0.2) is 0 Å². The number of aromatic nitrogens is 1. The van der Waals surface area contributed by atoms with Crippen molar-refractivity contribution in [3.05, 3.63) is 69.2 Å². The molecule has 20 heavy (non-hydrogen) atoms. The van der Waals surface area contributed by atoms with Crippen LogP contribution in [0.4, 0.5) is 0 Å². The monoisotopic (exact) mass is 279 g/mol. The molecule has 0 radical (unpaired) electrons. The summed E-state index contributed by atoms with van der Waals surface area (Å²) < 4.78 is 0. The lowest BCUT2D eigenvalue weighted by molar-refractivity contribution is 1.17. The van der Waals surface area contributed by atoms with Crippen LogP contribution in [0.3, 0.4) is 0 Å². The number of allylic oxidation sites excluding steroid dienone is 2. The van der Waals surface area contributed by atoms with E-state index >= 15 is 0 Å². The second-order valence-corrected chi connectivity index (χ2v) is 6.19. The van der Waals surface area contributed by atoms with Crippen molar-refractivity contribution >= 4 is 23.9 Å². The van der Waals surface area contributed by atoms with Crippen LogP contribution in [0.1, 0.15) is 19.4 Å². The first-order valence-electron chi connectivity index (χ1n) is 6.80. The highest BCUT2D eigenvalue weighted by Gasteiger charge is 2.07. The molecule has 0 amide bonds. The third-order valence-corrected chi connectivity index (χ3v) is 4.72. The summed E-state index contributed by atoms with van der Waals surface area (Å²) in [7, 11) is 0. The molecule has 2 heterocycles. The second-order valence-electron chi connectivity index (χ2n) is 5.10. The lowest BCUT2D eigenvalue weighted by atomic mass is 10.1. The number of pyridine rings is 1. The zero-order valence-electron chi connectivity index (χ0n) is 11.8. The molecule has 1 nitrogen and oxygen atoms in total. The summed E-state index contributed by atoms with van der Waals surface area (Å²) >= 11 is 1.85. The Kier molecular flexibility index (Phi) is 3.75. The van der Waals surface area contributed by atoms with E-state index < -0.39 is 0 Å². The van der Waals surface area contributed by atoms with Crippen molar-refractivity contribution < 1.29 is 0 Å². The summed E-state index contributed by atoms with van der Waals surface area (Å²) in [6.07, 6.45) is 7.26. The van der Waals surface area contributed by atoms with Crippen molar-refractivity contribution in [2.45, 2.75) is 25.2 Å². The predicted molar refractivity (Wildman–Crippen MR) is 86.8 cm³/mol. The van der Waals surface area contributed by atoms with Gasteiger partial charge in [-0.1, -0.05) is 47.7 Å². The van der Waals surface area contributed by atoms with Crippen molar-refractivity contribution in [1.29, 1.82) is 0 Å². The lowest BCUT2D eigenvalue weighted by Gasteiger charge is -2.08. The minimum absolute atomic E-state index is 0.928. The molecule has 0 unspecified atom stereocenters. The molecule has 3 rings (SSSR count). The van der Waals surface area contributed by atoms with Gasteiger partial charge >= 0.3 is 0 Å². The number of hydrogen-bond donors (Lipinski definition) is 0. The molecule has 2 aromatic rings. The smallest absolute Gasteiger partial charge is 0.0665 e. The fourth-order valence-corrected chi connectivity index (χ4v) is 3.29. The van der Waals surface area contributed by atoms with E-state index in [1.54, 1.807) is 0 Å². The molecule has 1 aliphatic rings. The summed E-state index contributed by atoms with van der Waals surface area (Å²) in [4.78, 5) is 7.16. The molecule has 1 aromatic carbocycles. The SMILES string of the molecule is CC(C)=C1/C=c2/cccn/c2=C/Cc2ccccc2S1. The van der Waals surface area contributed by atoms with Gasteiger partial charge in [0.15, 0.2) is 0 Å². The molecule has 0 saturated carbocycles. The Bertz CT molecular complexity index is 783. The molecule has 0 atom stereocenters. The molecule has 0 bridgehead atoms. The van der Waals surface area contributed by atoms with Gasteiger partial charge in [0.1, 0.15) is 0 Å².